The number of hydrogen-bond donors (Lipinski definition) is 0. The minimum atomic E-state index is 0.956. The fourth-order valence-electron chi connectivity index (χ4n) is 11.7. The number of aromatic nitrogens is 2. The smallest absolute Gasteiger partial charge is 0.0988 e. The summed E-state index contributed by atoms with van der Waals surface area (Å²) in [4.78, 5) is 14.1. The van der Waals surface area contributed by atoms with Gasteiger partial charge in [0.05, 0.1) is 30.0 Å². The van der Waals surface area contributed by atoms with Gasteiger partial charge >= 0.3 is 0 Å². The lowest BCUT2D eigenvalue weighted by atomic mass is 9.98. The van der Waals surface area contributed by atoms with E-state index in [9.17, 15) is 0 Å². The summed E-state index contributed by atoms with van der Waals surface area (Å²) in [5.74, 6) is 0. The second-order valence-electron chi connectivity index (χ2n) is 23.8. The van der Waals surface area contributed by atoms with Crippen LogP contribution in [-0.4, -0.2) is 9.97 Å². The standard InChI is InChI=1S/C73H106Br2N2S2/c1-5-8-11-14-17-20-23-24-25-26-27-28-29-30-31-34-37-40-43-59-48-52-61(53-49-59)69-68(60-50-46-58(4)47-51-60)76-70-64(66-56-62(72(74)78-66)44-41-38-35-32-21-18-15-12-9-6-2)54-55-65(71(70)77-69)67-57-63(73(75)79-67)45-42-39-36-33-22-19-16-13-10-7-3/h46-57H,5-45H2,1-4H3. The third-order valence-electron chi connectivity index (χ3n) is 16.8. The highest BCUT2D eigenvalue weighted by Gasteiger charge is 2.22. The third-order valence-corrected chi connectivity index (χ3v) is 20.8. The van der Waals surface area contributed by atoms with Crippen molar-refractivity contribution in [1.82, 2.24) is 9.97 Å². The predicted octanol–water partition coefficient (Wildman–Crippen LogP) is 26.8. The van der Waals surface area contributed by atoms with Crippen molar-refractivity contribution >= 4 is 65.6 Å². The molecule has 3 aromatic carbocycles. The van der Waals surface area contributed by atoms with Crippen molar-refractivity contribution in [3.05, 3.63) is 103 Å². The van der Waals surface area contributed by atoms with Crippen LogP contribution in [0.25, 0.3) is 54.4 Å². The normalized spacial score (nSPS) is 11.7. The predicted molar refractivity (Wildman–Crippen MR) is 361 cm³/mol. The van der Waals surface area contributed by atoms with Crippen LogP contribution in [0.4, 0.5) is 0 Å². The summed E-state index contributed by atoms with van der Waals surface area (Å²) in [5.41, 5.74) is 14.0. The Labute approximate surface area is 508 Å². The molecule has 3 aromatic heterocycles. The van der Waals surface area contributed by atoms with Gasteiger partial charge in [0.15, 0.2) is 0 Å². The van der Waals surface area contributed by atoms with Crippen molar-refractivity contribution in [2.45, 2.75) is 291 Å². The number of rotatable bonds is 45. The van der Waals surface area contributed by atoms with Gasteiger partial charge in [-0.05, 0) is 106 Å². The van der Waals surface area contributed by atoms with E-state index in [1.54, 1.807) is 0 Å². The van der Waals surface area contributed by atoms with Crippen LogP contribution in [0.15, 0.2) is 80.4 Å². The first-order chi connectivity index (χ1) is 38.9. The lowest BCUT2D eigenvalue weighted by Crippen LogP contribution is -1.99. The molecular formula is C73H106Br2N2S2. The number of nitrogens with zero attached hydrogens (tertiary/aromatic N) is 2. The fraction of sp³-hybridized carbons (Fsp3) is 0.616. The first-order valence-electron chi connectivity index (χ1n) is 33.0. The van der Waals surface area contributed by atoms with E-state index < -0.39 is 0 Å². The van der Waals surface area contributed by atoms with Crippen molar-refractivity contribution in [3.63, 3.8) is 0 Å². The first-order valence-corrected chi connectivity index (χ1v) is 36.2. The van der Waals surface area contributed by atoms with Crippen LogP contribution in [0.1, 0.15) is 287 Å². The van der Waals surface area contributed by atoms with E-state index in [0.29, 0.717) is 0 Å². The number of halogens is 2. The maximum atomic E-state index is 5.81. The molecule has 0 fully saturated rings. The lowest BCUT2D eigenvalue weighted by Gasteiger charge is -2.15. The zero-order chi connectivity index (χ0) is 55.5. The molecule has 0 N–H and O–H groups in total. The fourth-order valence-corrected chi connectivity index (χ4v) is 15.3. The topological polar surface area (TPSA) is 25.8 Å². The second-order valence-corrected chi connectivity index (χ2v) is 28.5. The molecule has 0 bridgehead atoms. The summed E-state index contributed by atoms with van der Waals surface area (Å²) in [6.45, 7) is 9.09. The molecule has 0 aliphatic rings. The average molecular weight is 1240 g/mol. The van der Waals surface area contributed by atoms with Crippen LogP contribution in [0.5, 0.6) is 0 Å². The van der Waals surface area contributed by atoms with Gasteiger partial charge in [0.2, 0.25) is 0 Å². The number of hydrogen-bond acceptors (Lipinski definition) is 4. The van der Waals surface area contributed by atoms with Gasteiger partial charge in [0, 0.05) is 32.0 Å². The molecule has 0 saturated carbocycles. The van der Waals surface area contributed by atoms with Crippen LogP contribution in [0.2, 0.25) is 0 Å². The molecular weight excluding hydrogens is 1130 g/mol. The Balaban J connectivity index is 1.14. The number of fused-ring (bicyclic) bond motifs is 1. The Hall–Kier alpha value is -2.64. The molecule has 0 saturated heterocycles. The zero-order valence-electron chi connectivity index (χ0n) is 50.4. The molecule has 0 aliphatic heterocycles. The Morgan fingerprint density at radius 1 is 0.329 bits per heavy atom. The van der Waals surface area contributed by atoms with Gasteiger partial charge in [-0.3, -0.25) is 0 Å². The van der Waals surface area contributed by atoms with Crippen LogP contribution < -0.4 is 0 Å². The van der Waals surface area contributed by atoms with Crippen molar-refractivity contribution in [2.24, 2.45) is 0 Å². The molecule has 3 heterocycles. The van der Waals surface area contributed by atoms with Gasteiger partial charge < -0.3 is 0 Å². The number of benzene rings is 3. The molecule has 0 amide bonds. The first kappa shape index (κ1) is 65.5. The maximum Gasteiger partial charge on any atom is 0.0988 e. The Morgan fingerprint density at radius 2 is 0.608 bits per heavy atom. The van der Waals surface area contributed by atoms with Gasteiger partial charge in [-0.25, -0.2) is 9.97 Å². The van der Waals surface area contributed by atoms with Gasteiger partial charge in [-0.15, -0.1) is 22.7 Å². The molecule has 0 spiro atoms. The van der Waals surface area contributed by atoms with Gasteiger partial charge in [-0.1, -0.05) is 312 Å². The quantitative estimate of drug-likeness (QED) is 0.0356. The van der Waals surface area contributed by atoms with E-state index >= 15 is 0 Å². The van der Waals surface area contributed by atoms with E-state index in [1.807, 2.05) is 22.7 Å². The molecule has 434 valence electrons. The Kier molecular flexibility index (Phi) is 33.0. The molecule has 2 nitrogen and oxygen atoms in total. The summed E-state index contributed by atoms with van der Waals surface area (Å²) >= 11 is 11.8. The highest BCUT2D eigenvalue weighted by atomic mass is 79.9. The van der Waals surface area contributed by atoms with Crippen molar-refractivity contribution in [2.75, 3.05) is 0 Å². The minimum absolute atomic E-state index is 0.956. The van der Waals surface area contributed by atoms with Crippen molar-refractivity contribution < 1.29 is 0 Å². The van der Waals surface area contributed by atoms with Crippen LogP contribution in [-0.2, 0) is 19.3 Å². The largest absolute Gasteiger partial charge is 0.243 e. The van der Waals surface area contributed by atoms with Crippen LogP contribution in [0.3, 0.4) is 0 Å². The highest BCUT2D eigenvalue weighted by molar-refractivity contribution is 9.11. The summed E-state index contributed by atoms with van der Waals surface area (Å²) in [7, 11) is 0. The lowest BCUT2D eigenvalue weighted by molar-refractivity contribution is 0.525. The molecule has 0 unspecified atom stereocenters. The summed E-state index contributed by atoms with van der Waals surface area (Å²) in [6.07, 6.45) is 55.9. The van der Waals surface area contributed by atoms with E-state index in [2.05, 4.69) is 132 Å². The van der Waals surface area contributed by atoms with E-state index in [4.69, 9.17) is 9.97 Å². The SMILES string of the molecule is CCCCCCCCCCCCCCCCCCCCc1ccc(-c2nc3c(-c4cc(CCCCCCCCCCCC)c(Br)s4)ccc(-c4cc(CCCCCCCCCCCC)c(Br)s4)c3nc2-c2ccc(C)cc2)cc1. The monoisotopic (exact) mass is 1230 g/mol. The van der Waals surface area contributed by atoms with Gasteiger partial charge in [0.1, 0.15) is 0 Å². The summed E-state index contributed by atoms with van der Waals surface area (Å²) in [5, 5.41) is 0. The molecule has 79 heavy (non-hydrogen) atoms. The number of aryl methyl sites for hydroxylation is 4. The van der Waals surface area contributed by atoms with Gasteiger partial charge in [0.25, 0.3) is 0 Å². The van der Waals surface area contributed by atoms with Gasteiger partial charge in [-0.2, -0.15) is 0 Å². The molecule has 6 rings (SSSR count). The molecule has 6 aromatic rings. The summed E-state index contributed by atoms with van der Waals surface area (Å²) in [6, 6.07) is 27.9. The Morgan fingerprint density at radius 3 is 0.924 bits per heavy atom. The second kappa shape index (κ2) is 39.8. The molecule has 0 atom stereocenters. The van der Waals surface area contributed by atoms with E-state index in [1.165, 1.54) is 295 Å². The maximum absolute atomic E-state index is 5.81. The van der Waals surface area contributed by atoms with Crippen molar-refractivity contribution in [3.8, 4) is 43.4 Å². The number of unbranched alkanes of at least 4 members (excludes halogenated alkanes) is 35. The third kappa shape index (κ3) is 23.9. The van der Waals surface area contributed by atoms with E-state index in [0.717, 1.165) is 52.8 Å². The highest BCUT2D eigenvalue weighted by Crippen LogP contribution is 2.45. The number of thiophene rings is 2. The van der Waals surface area contributed by atoms with E-state index in [-0.39, 0.29) is 0 Å². The Bertz CT molecular complexity index is 2540. The minimum Gasteiger partial charge on any atom is -0.243 e. The summed E-state index contributed by atoms with van der Waals surface area (Å²) < 4.78 is 2.51. The van der Waals surface area contributed by atoms with Crippen LogP contribution >= 0.6 is 54.5 Å². The molecule has 0 aliphatic carbocycles. The average Bonchev–Trinajstić information content (AvgIpc) is 4.06. The molecule has 0 radical (unpaired) electrons. The molecule has 6 heteroatoms. The van der Waals surface area contributed by atoms with Crippen molar-refractivity contribution in [1.29, 1.82) is 0 Å². The van der Waals surface area contributed by atoms with Crippen LogP contribution in [0, 0.1) is 6.92 Å². The zero-order valence-corrected chi connectivity index (χ0v) is 55.2.